The second-order valence-corrected chi connectivity index (χ2v) is 3.46. The van der Waals surface area contributed by atoms with Gasteiger partial charge in [0, 0.05) is 6.92 Å². The lowest BCUT2D eigenvalue weighted by Gasteiger charge is -2.07. The van der Waals surface area contributed by atoms with Crippen molar-refractivity contribution >= 4 is 29.1 Å². The van der Waals surface area contributed by atoms with Gasteiger partial charge in [-0.25, -0.2) is 9.97 Å². The molecule has 0 bridgehead atoms. The van der Waals surface area contributed by atoms with E-state index in [9.17, 15) is 4.79 Å². The fraction of sp³-hybridized carbons (Fsp3) is 0.333. The molecule has 0 saturated heterocycles. The Morgan fingerprint density at radius 1 is 1.50 bits per heavy atom. The van der Waals surface area contributed by atoms with Crippen LogP contribution in [0.5, 0.6) is 0 Å². The van der Waals surface area contributed by atoms with Gasteiger partial charge in [0.15, 0.2) is 11.0 Å². The molecule has 1 heterocycles. The van der Waals surface area contributed by atoms with Crippen molar-refractivity contribution in [2.24, 2.45) is 0 Å². The Bertz CT molecular complexity index is 447. The topological polar surface area (TPSA) is 102 Å². The fourth-order valence-corrected chi connectivity index (χ4v) is 1.19. The number of aromatic nitrogens is 2. The third-order valence-corrected chi connectivity index (χ3v) is 2.02. The van der Waals surface area contributed by atoms with Crippen molar-refractivity contribution in [1.29, 1.82) is 5.41 Å². The van der Waals surface area contributed by atoms with Crippen molar-refractivity contribution in [2.75, 3.05) is 5.73 Å². The van der Waals surface area contributed by atoms with Crippen LogP contribution < -0.4 is 5.73 Å². The molecule has 0 aliphatic heterocycles. The van der Waals surface area contributed by atoms with Crippen LogP contribution in [-0.4, -0.2) is 21.6 Å². The zero-order valence-corrected chi connectivity index (χ0v) is 9.63. The molecule has 1 aromatic heterocycles. The zero-order chi connectivity index (χ0) is 12.3. The number of hydrogen-bond acceptors (Lipinski definition) is 6. The molecular weight excluding hydrogens is 232 g/mol. The van der Waals surface area contributed by atoms with Crippen molar-refractivity contribution in [1.82, 2.24) is 9.97 Å². The van der Waals surface area contributed by atoms with Gasteiger partial charge in [-0.1, -0.05) is 11.6 Å². The Hall–Kier alpha value is -1.69. The summed E-state index contributed by atoms with van der Waals surface area (Å²) >= 11 is 5.77. The average Bonchev–Trinajstić information content (AvgIpc) is 2.15. The Labute approximate surface area is 97.3 Å². The van der Waals surface area contributed by atoms with Crippen LogP contribution in [0.4, 0.5) is 5.82 Å². The first-order valence-corrected chi connectivity index (χ1v) is 4.80. The first-order chi connectivity index (χ1) is 7.41. The molecule has 0 saturated carbocycles. The van der Waals surface area contributed by atoms with Crippen LogP contribution in [0.15, 0.2) is 0 Å². The molecule has 0 spiro atoms. The number of nitrogens with one attached hydrogen (secondary N) is 1. The maximum Gasteiger partial charge on any atom is 0.303 e. The summed E-state index contributed by atoms with van der Waals surface area (Å²) in [7, 11) is 0. The van der Waals surface area contributed by atoms with Gasteiger partial charge in [-0.05, 0) is 6.92 Å². The third-order valence-electron chi connectivity index (χ3n) is 1.71. The Kier molecular flexibility index (Phi) is 3.78. The van der Waals surface area contributed by atoms with E-state index >= 15 is 0 Å². The molecule has 0 atom stereocenters. The summed E-state index contributed by atoms with van der Waals surface area (Å²) in [5.41, 5.74) is 6.24. The van der Waals surface area contributed by atoms with Crippen molar-refractivity contribution in [3.05, 3.63) is 16.5 Å². The number of anilines is 1. The summed E-state index contributed by atoms with van der Waals surface area (Å²) in [6.07, 6.45) is 0. The van der Waals surface area contributed by atoms with Crippen LogP contribution in [0.2, 0.25) is 5.15 Å². The Morgan fingerprint density at radius 2 is 2.12 bits per heavy atom. The Morgan fingerprint density at radius 3 is 2.62 bits per heavy atom. The molecule has 6 nitrogen and oxygen atoms in total. The van der Waals surface area contributed by atoms with Crippen LogP contribution in [0.25, 0.3) is 0 Å². The van der Waals surface area contributed by atoms with Gasteiger partial charge in [0.05, 0.1) is 5.71 Å². The molecule has 0 fully saturated rings. The van der Waals surface area contributed by atoms with Gasteiger partial charge in [-0.15, -0.1) is 0 Å². The van der Waals surface area contributed by atoms with Crippen LogP contribution in [0.1, 0.15) is 25.2 Å². The summed E-state index contributed by atoms with van der Waals surface area (Å²) in [6, 6.07) is 0. The van der Waals surface area contributed by atoms with E-state index in [1.807, 2.05) is 0 Å². The number of carbonyl (C=O) groups is 1. The van der Waals surface area contributed by atoms with E-state index in [4.69, 9.17) is 27.5 Å². The molecule has 16 heavy (non-hydrogen) atoms. The molecular formula is C9H11ClN4O2. The lowest BCUT2D eigenvalue weighted by Crippen LogP contribution is -2.10. The van der Waals surface area contributed by atoms with Gasteiger partial charge < -0.3 is 15.9 Å². The van der Waals surface area contributed by atoms with E-state index in [1.165, 1.54) is 13.8 Å². The highest BCUT2D eigenvalue weighted by atomic mass is 35.5. The lowest BCUT2D eigenvalue weighted by molar-refractivity contribution is -0.142. The number of nitrogens with zero attached hydrogens (tertiary/aromatic N) is 2. The summed E-state index contributed by atoms with van der Waals surface area (Å²) in [5.74, 6) is -0.355. The molecule has 0 unspecified atom stereocenters. The largest absolute Gasteiger partial charge is 0.459 e. The average molecular weight is 243 g/mol. The van der Waals surface area contributed by atoms with E-state index in [-0.39, 0.29) is 34.7 Å². The summed E-state index contributed by atoms with van der Waals surface area (Å²) in [6.45, 7) is 2.73. The summed E-state index contributed by atoms with van der Waals surface area (Å²) in [5, 5.41) is 7.50. The van der Waals surface area contributed by atoms with Gasteiger partial charge in [0.25, 0.3) is 0 Å². The third kappa shape index (κ3) is 2.90. The predicted octanol–water partition coefficient (Wildman–Crippen LogP) is 1.16. The number of ether oxygens (including phenoxy) is 1. The zero-order valence-electron chi connectivity index (χ0n) is 8.87. The van der Waals surface area contributed by atoms with Gasteiger partial charge in [0.1, 0.15) is 18.0 Å². The number of rotatable bonds is 3. The standard InChI is InChI=1S/C9H11ClN4O2/c1-4(11)7-9(12)14-8(10)6(13-7)3-16-5(2)15/h11H,3H2,1-2H3,(H2,12,14). The molecule has 3 N–H and O–H groups in total. The monoisotopic (exact) mass is 242 g/mol. The first kappa shape index (κ1) is 12.4. The molecule has 0 radical (unpaired) electrons. The van der Waals surface area contributed by atoms with Crippen LogP contribution >= 0.6 is 11.6 Å². The number of nitrogen functional groups attached to an aromatic ring is 1. The summed E-state index contributed by atoms with van der Waals surface area (Å²) < 4.78 is 4.75. The van der Waals surface area contributed by atoms with Gasteiger partial charge in [-0.2, -0.15) is 0 Å². The Balaban J connectivity index is 3.05. The van der Waals surface area contributed by atoms with Crippen LogP contribution in [0, 0.1) is 5.41 Å². The number of esters is 1. The number of hydrogen-bond donors (Lipinski definition) is 2. The second-order valence-electron chi connectivity index (χ2n) is 3.10. The maximum atomic E-state index is 10.6. The van der Waals surface area contributed by atoms with E-state index in [0.717, 1.165) is 0 Å². The number of halogens is 1. The fourth-order valence-electron chi connectivity index (χ4n) is 0.999. The normalized spacial score (nSPS) is 9.94. The van der Waals surface area contributed by atoms with Gasteiger partial charge >= 0.3 is 5.97 Å². The molecule has 0 amide bonds. The highest BCUT2D eigenvalue weighted by Gasteiger charge is 2.12. The SMILES string of the molecule is CC(=N)c1nc(COC(C)=O)c(Cl)nc1N. The first-order valence-electron chi connectivity index (χ1n) is 4.42. The van der Waals surface area contributed by atoms with Crippen molar-refractivity contribution in [3.8, 4) is 0 Å². The molecule has 1 aromatic rings. The van der Waals surface area contributed by atoms with E-state index in [2.05, 4.69) is 9.97 Å². The smallest absolute Gasteiger partial charge is 0.303 e. The predicted molar refractivity (Wildman–Crippen MR) is 59.4 cm³/mol. The molecule has 0 aliphatic carbocycles. The minimum atomic E-state index is -0.442. The molecule has 7 heteroatoms. The van der Waals surface area contributed by atoms with E-state index in [1.54, 1.807) is 0 Å². The highest BCUT2D eigenvalue weighted by molar-refractivity contribution is 6.30. The van der Waals surface area contributed by atoms with Crippen molar-refractivity contribution in [2.45, 2.75) is 20.5 Å². The van der Waals surface area contributed by atoms with Crippen molar-refractivity contribution < 1.29 is 9.53 Å². The minimum absolute atomic E-state index is 0.0729. The van der Waals surface area contributed by atoms with Crippen molar-refractivity contribution in [3.63, 3.8) is 0 Å². The summed E-state index contributed by atoms with van der Waals surface area (Å²) in [4.78, 5) is 18.5. The molecule has 0 aliphatic rings. The molecule has 1 rings (SSSR count). The van der Waals surface area contributed by atoms with E-state index in [0.29, 0.717) is 0 Å². The lowest BCUT2D eigenvalue weighted by atomic mass is 10.3. The van der Waals surface area contributed by atoms with Crippen LogP contribution in [0.3, 0.4) is 0 Å². The number of carbonyl (C=O) groups excluding carboxylic acids is 1. The van der Waals surface area contributed by atoms with Gasteiger partial charge in [-0.3, -0.25) is 4.79 Å². The molecule has 0 aromatic carbocycles. The maximum absolute atomic E-state index is 10.6. The highest BCUT2D eigenvalue weighted by Crippen LogP contribution is 2.17. The van der Waals surface area contributed by atoms with Crippen LogP contribution in [-0.2, 0) is 16.1 Å². The van der Waals surface area contributed by atoms with Gasteiger partial charge in [0.2, 0.25) is 0 Å². The van der Waals surface area contributed by atoms with E-state index < -0.39 is 5.97 Å². The molecule has 86 valence electrons. The quantitative estimate of drug-likeness (QED) is 0.612. The minimum Gasteiger partial charge on any atom is -0.459 e. The second kappa shape index (κ2) is 4.89. The number of nitrogens with two attached hydrogens (primary N) is 1.